The summed E-state index contributed by atoms with van der Waals surface area (Å²) in [7, 11) is 0. The molecule has 1 N–H and O–H groups in total. The second kappa shape index (κ2) is 3.69. The van der Waals surface area contributed by atoms with E-state index in [0.29, 0.717) is 0 Å². The van der Waals surface area contributed by atoms with Gasteiger partial charge in [-0.05, 0) is 19.3 Å². The third kappa shape index (κ3) is 3.02. The molecule has 0 heterocycles. The van der Waals surface area contributed by atoms with Gasteiger partial charge in [-0.1, -0.05) is 34.6 Å². The molecule has 2 nitrogen and oxygen atoms in total. The molecule has 0 fully saturated rings. The fourth-order valence-corrected chi connectivity index (χ4v) is 0.783. The minimum absolute atomic E-state index is 0.00796. The van der Waals surface area contributed by atoms with E-state index in [1.54, 1.807) is 0 Å². The molecule has 1 amide bonds. The molecule has 0 aliphatic carbocycles. The van der Waals surface area contributed by atoms with Crippen LogP contribution in [-0.2, 0) is 4.79 Å². The van der Waals surface area contributed by atoms with Gasteiger partial charge in [-0.15, -0.1) is 0 Å². The maximum absolute atomic E-state index is 11.8. The van der Waals surface area contributed by atoms with Gasteiger partial charge < -0.3 is 5.32 Å². The molecule has 0 aromatic heterocycles. The molecule has 0 bridgehead atoms. The minimum Gasteiger partial charge on any atom is -0.353 e. The summed E-state index contributed by atoms with van der Waals surface area (Å²) in [6.07, 6.45) is 0. The number of nitrogens with one attached hydrogen (secondary N) is 1. The molecule has 0 aromatic carbocycles. The average Bonchev–Trinajstić information content (AvgIpc) is 1.82. The summed E-state index contributed by atoms with van der Waals surface area (Å²) in [6, 6.07) is 0.217. The topological polar surface area (TPSA) is 29.1 Å². The van der Waals surface area contributed by atoms with Crippen LogP contribution in [0.2, 0.25) is 0 Å². The van der Waals surface area contributed by atoms with Gasteiger partial charge in [0.2, 0.25) is 5.91 Å². The van der Waals surface area contributed by atoms with Crippen molar-refractivity contribution in [2.24, 2.45) is 10.8 Å². The van der Waals surface area contributed by atoms with Gasteiger partial charge in [-0.3, -0.25) is 4.79 Å². The molecule has 0 aromatic rings. The molecule has 0 saturated heterocycles. The van der Waals surface area contributed by atoms with E-state index in [-0.39, 0.29) is 22.8 Å². The van der Waals surface area contributed by atoms with Crippen molar-refractivity contribution in [3.8, 4) is 0 Å². The highest BCUT2D eigenvalue weighted by molar-refractivity contribution is 5.82. The summed E-state index contributed by atoms with van der Waals surface area (Å²) in [5, 5.41) is 2.95. The molecule has 0 radical (unpaired) electrons. The second-order valence-corrected chi connectivity index (χ2v) is 5.50. The van der Waals surface area contributed by atoms with Crippen LogP contribution in [0.15, 0.2) is 0 Å². The van der Waals surface area contributed by atoms with Crippen LogP contribution in [0.25, 0.3) is 0 Å². The van der Waals surface area contributed by atoms with Gasteiger partial charge in [0.25, 0.3) is 0 Å². The van der Waals surface area contributed by atoms with Crippen LogP contribution in [0.5, 0.6) is 0 Å². The Morgan fingerprint density at radius 3 is 1.69 bits per heavy atom. The Kier molecular flexibility index (Phi) is 3.54. The molecule has 0 spiro atoms. The summed E-state index contributed by atoms with van der Waals surface area (Å²) in [6.45, 7) is 14.2. The van der Waals surface area contributed by atoms with Gasteiger partial charge >= 0.3 is 0 Å². The van der Waals surface area contributed by atoms with Crippen molar-refractivity contribution in [1.29, 1.82) is 0 Å². The first-order valence-corrected chi connectivity index (χ1v) is 4.90. The average molecular weight is 185 g/mol. The lowest BCUT2D eigenvalue weighted by molar-refractivity contribution is -0.135. The second-order valence-electron chi connectivity index (χ2n) is 5.50. The first kappa shape index (κ1) is 12.5. The van der Waals surface area contributed by atoms with Gasteiger partial charge in [0, 0.05) is 11.5 Å². The smallest absolute Gasteiger partial charge is 0.226 e. The van der Waals surface area contributed by atoms with Gasteiger partial charge in [0.1, 0.15) is 0 Å². The van der Waals surface area contributed by atoms with E-state index in [9.17, 15) is 4.79 Å². The molecule has 0 atom stereocenters. The van der Waals surface area contributed by atoms with Crippen molar-refractivity contribution in [2.75, 3.05) is 0 Å². The van der Waals surface area contributed by atoms with Crippen molar-refractivity contribution in [1.82, 2.24) is 5.32 Å². The van der Waals surface area contributed by atoms with Crippen molar-refractivity contribution in [3.63, 3.8) is 0 Å². The van der Waals surface area contributed by atoms with E-state index in [2.05, 4.69) is 26.1 Å². The quantitative estimate of drug-likeness (QED) is 0.704. The lowest BCUT2D eigenvalue weighted by Gasteiger charge is -2.37. The zero-order valence-corrected chi connectivity index (χ0v) is 9.99. The molecular weight excluding hydrogens is 162 g/mol. The Hall–Kier alpha value is -0.530. The number of carbonyl (C=O) groups is 1. The predicted octanol–water partition coefficient (Wildman–Crippen LogP) is 2.58. The lowest BCUT2D eigenvalue weighted by atomic mass is 9.68. The van der Waals surface area contributed by atoms with Crippen molar-refractivity contribution < 1.29 is 4.79 Å². The standard InChI is InChI=1S/C11H23NO/c1-8(2)12-9(13)11(6,7)10(3,4)5/h8H,1-7H3,(H,12,13). The molecule has 13 heavy (non-hydrogen) atoms. The van der Waals surface area contributed by atoms with Crippen molar-refractivity contribution in [2.45, 2.75) is 54.5 Å². The van der Waals surface area contributed by atoms with Crippen LogP contribution in [0.4, 0.5) is 0 Å². The Bertz CT molecular complexity index is 187. The summed E-state index contributed by atoms with van der Waals surface area (Å²) in [4.78, 5) is 11.8. The highest BCUT2D eigenvalue weighted by atomic mass is 16.2. The molecule has 0 unspecified atom stereocenters. The minimum atomic E-state index is -0.322. The van der Waals surface area contributed by atoms with E-state index in [4.69, 9.17) is 0 Å². The van der Waals surface area contributed by atoms with Crippen LogP contribution in [0.3, 0.4) is 0 Å². The highest BCUT2D eigenvalue weighted by Gasteiger charge is 2.39. The van der Waals surface area contributed by atoms with Gasteiger partial charge in [-0.25, -0.2) is 0 Å². The summed E-state index contributed by atoms with van der Waals surface area (Å²) < 4.78 is 0. The first-order valence-electron chi connectivity index (χ1n) is 4.90. The number of hydrogen-bond donors (Lipinski definition) is 1. The molecule has 2 heteroatoms. The van der Waals surface area contributed by atoms with E-state index in [0.717, 1.165) is 0 Å². The summed E-state index contributed by atoms with van der Waals surface area (Å²) in [5.41, 5.74) is -0.330. The van der Waals surface area contributed by atoms with Gasteiger partial charge in [-0.2, -0.15) is 0 Å². The zero-order chi connectivity index (χ0) is 10.9. The van der Waals surface area contributed by atoms with E-state index >= 15 is 0 Å². The fourth-order valence-electron chi connectivity index (χ4n) is 0.783. The largest absolute Gasteiger partial charge is 0.353 e. The lowest BCUT2D eigenvalue weighted by Crippen LogP contribution is -2.47. The third-order valence-corrected chi connectivity index (χ3v) is 2.86. The first-order chi connectivity index (χ1) is 5.59. The molecule has 0 aliphatic rings. The third-order valence-electron chi connectivity index (χ3n) is 2.86. The monoisotopic (exact) mass is 185 g/mol. The van der Waals surface area contributed by atoms with Gasteiger partial charge in [0.05, 0.1) is 0 Å². The molecular formula is C11H23NO. The molecule has 0 saturated carbocycles. The molecule has 78 valence electrons. The Morgan fingerprint density at radius 1 is 1.08 bits per heavy atom. The van der Waals surface area contributed by atoms with E-state index in [1.807, 2.05) is 27.7 Å². The zero-order valence-electron chi connectivity index (χ0n) is 9.99. The number of carbonyl (C=O) groups excluding carboxylic acids is 1. The number of rotatable bonds is 2. The molecule has 0 aliphatic heterocycles. The fraction of sp³-hybridized carbons (Fsp3) is 0.909. The van der Waals surface area contributed by atoms with Crippen LogP contribution < -0.4 is 5.32 Å². The SMILES string of the molecule is CC(C)NC(=O)C(C)(C)C(C)(C)C. The Labute approximate surface area is 82.1 Å². The van der Waals surface area contributed by atoms with E-state index < -0.39 is 0 Å². The Balaban J connectivity index is 4.56. The van der Waals surface area contributed by atoms with Crippen molar-refractivity contribution in [3.05, 3.63) is 0 Å². The van der Waals surface area contributed by atoms with Gasteiger partial charge in [0.15, 0.2) is 0 Å². The Morgan fingerprint density at radius 2 is 1.46 bits per heavy atom. The normalized spacial score (nSPS) is 13.2. The van der Waals surface area contributed by atoms with Crippen LogP contribution in [0, 0.1) is 10.8 Å². The molecule has 0 rings (SSSR count). The van der Waals surface area contributed by atoms with Crippen LogP contribution in [0.1, 0.15) is 48.5 Å². The highest BCUT2D eigenvalue weighted by Crippen LogP contribution is 2.37. The van der Waals surface area contributed by atoms with Crippen LogP contribution >= 0.6 is 0 Å². The summed E-state index contributed by atoms with van der Waals surface area (Å²) in [5.74, 6) is 0.134. The maximum Gasteiger partial charge on any atom is 0.226 e. The van der Waals surface area contributed by atoms with Crippen molar-refractivity contribution >= 4 is 5.91 Å². The summed E-state index contributed by atoms with van der Waals surface area (Å²) >= 11 is 0. The van der Waals surface area contributed by atoms with Crippen LogP contribution in [-0.4, -0.2) is 11.9 Å². The number of hydrogen-bond acceptors (Lipinski definition) is 1. The maximum atomic E-state index is 11.8. The number of amides is 1. The predicted molar refractivity (Wildman–Crippen MR) is 56.5 cm³/mol. The van der Waals surface area contributed by atoms with E-state index in [1.165, 1.54) is 0 Å².